The second kappa shape index (κ2) is 9.97. The van der Waals surface area contributed by atoms with Gasteiger partial charge in [0.2, 0.25) is 5.91 Å². The summed E-state index contributed by atoms with van der Waals surface area (Å²) in [6.45, 7) is 3.96. The third-order valence-electron chi connectivity index (χ3n) is 4.13. The first kappa shape index (κ1) is 20.0. The summed E-state index contributed by atoms with van der Waals surface area (Å²) in [6.07, 6.45) is 1.82. The number of nitro benzene ring substituents is 1. The van der Waals surface area contributed by atoms with Crippen molar-refractivity contribution < 1.29 is 9.72 Å². The molecule has 138 valence electrons. The van der Waals surface area contributed by atoms with Gasteiger partial charge in [0.25, 0.3) is 5.69 Å². The normalized spacial score (nSPS) is 13.0. The maximum absolute atomic E-state index is 12.1. The minimum absolute atomic E-state index is 0.00663. The van der Waals surface area contributed by atoms with Gasteiger partial charge in [0.1, 0.15) is 0 Å². The zero-order valence-electron chi connectivity index (χ0n) is 15.1. The molecule has 0 fully saturated rings. The number of rotatable bonds is 9. The minimum atomic E-state index is -0.401. The molecule has 0 radical (unpaired) electrons. The van der Waals surface area contributed by atoms with E-state index in [2.05, 4.69) is 17.4 Å². The van der Waals surface area contributed by atoms with Crippen molar-refractivity contribution in [2.24, 2.45) is 0 Å². The number of carbonyl (C=O) groups excluding carboxylic acids is 1. The van der Waals surface area contributed by atoms with Gasteiger partial charge in [0.05, 0.1) is 10.7 Å². The molecule has 0 aromatic heterocycles. The van der Waals surface area contributed by atoms with Gasteiger partial charge in [-0.3, -0.25) is 14.9 Å². The van der Waals surface area contributed by atoms with E-state index < -0.39 is 4.92 Å². The second-order valence-electron chi connectivity index (χ2n) is 6.30. The van der Waals surface area contributed by atoms with Crippen LogP contribution in [0.1, 0.15) is 36.6 Å². The molecule has 5 nitrogen and oxygen atoms in total. The monoisotopic (exact) mass is 372 g/mol. The number of thioether (sulfide) groups is 1. The van der Waals surface area contributed by atoms with E-state index in [4.69, 9.17) is 0 Å². The lowest BCUT2D eigenvalue weighted by molar-refractivity contribution is -0.384. The third kappa shape index (κ3) is 6.52. The van der Waals surface area contributed by atoms with E-state index in [9.17, 15) is 14.9 Å². The Morgan fingerprint density at radius 1 is 1.15 bits per heavy atom. The molecule has 0 saturated heterocycles. The molecule has 0 unspecified atom stereocenters. The highest BCUT2D eigenvalue weighted by atomic mass is 32.2. The van der Waals surface area contributed by atoms with E-state index in [1.807, 2.05) is 38.1 Å². The molecule has 0 bridgehead atoms. The lowest BCUT2D eigenvalue weighted by atomic mass is 10.1. The number of hydrogen-bond donors (Lipinski definition) is 1. The Kier molecular flexibility index (Phi) is 7.66. The Bertz CT molecular complexity index is 737. The van der Waals surface area contributed by atoms with Crippen molar-refractivity contribution in [2.45, 2.75) is 38.0 Å². The van der Waals surface area contributed by atoms with Gasteiger partial charge in [0.15, 0.2) is 0 Å². The van der Waals surface area contributed by atoms with E-state index in [1.54, 1.807) is 12.1 Å². The number of non-ortho nitro benzene ring substituents is 1. The van der Waals surface area contributed by atoms with Crippen molar-refractivity contribution >= 4 is 23.4 Å². The van der Waals surface area contributed by atoms with Crippen LogP contribution in [-0.4, -0.2) is 22.6 Å². The highest BCUT2D eigenvalue weighted by Crippen LogP contribution is 2.29. The van der Waals surface area contributed by atoms with Crippen LogP contribution in [0.5, 0.6) is 0 Å². The zero-order valence-corrected chi connectivity index (χ0v) is 15.9. The summed E-state index contributed by atoms with van der Waals surface area (Å²) in [5, 5.41) is 13.9. The van der Waals surface area contributed by atoms with Gasteiger partial charge in [-0.25, -0.2) is 0 Å². The minimum Gasteiger partial charge on any atom is -0.353 e. The SMILES string of the molecule is C[C@@H](CCc1ccccc1)NC(=O)CS[C@H](C)c1cccc([N+](=O)[O-])c1. The van der Waals surface area contributed by atoms with Gasteiger partial charge in [0, 0.05) is 23.4 Å². The van der Waals surface area contributed by atoms with Crippen molar-refractivity contribution in [3.05, 3.63) is 75.8 Å². The van der Waals surface area contributed by atoms with Crippen molar-refractivity contribution in [2.75, 3.05) is 5.75 Å². The first-order valence-corrected chi connectivity index (χ1v) is 9.70. The Hall–Kier alpha value is -2.34. The lowest BCUT2D eigenvalue weighted by Crippen LogP contribution is -2.34. The second-order valence-corrected chi connectivity index (χ2v) is 7.63. The van der Waals surface area contributed by atoms with Crippen molar-refractivity contribution in [3.63, 3.8) is 0 Å². The molecular weight excluding hydrogens is 348 g/mol. The van der Waals surface area contributed by atoms with E-state index >= 15 is 0 Å². The molecule has 2 atom stereocenters. The number of nitrogens with one attached hydrogen (secondary N) is 1. The quantitative estimate of drug-likeness (QED) is 0.519. The molecule has 1 N–H and O–H groups in total. The summed E-state index contributed by atoms with van der Waals surface area (Å²) in [5.41, 5.74) is 2.20. The zero-order chi connectivity index (χ0) is 18.9. The third-order valence-corrected chi connectivity index (χ3v) is 5.33. The Morgan fingerprint density at radius 2 is 1.88 bits per heavy atom. The van der Waals surface area contributed by atoms with Crippen LogP contribution in [0.3, 0.4) is 0 Å². The fourth-order valence-electron chi connectivity index (χ4n) is 2.60. The van der Waals surface area contributed by atoms with Gasteiger partial charge < -0.3 is 5.32 Å². The summed E-state index contributed by atoms with van der Waals surface area (Å²) in [7, 11) is 0. The van der Waals surface area contributed by atoms with Crippen LogP contribution in [0.25, 0.3) is 0 Å². The molecule has 0 aliphatic heterocycles. The molecule has 0 heterocycles. The van der Waals surface area contributed by atoms with Crippen LogP contribution in [-0.2, 0) is 11.2 Å². The van der Waals surface area contributed by atoms with Gasteiger partial charge in [-0.2, -0.15) is 0 Å². The van der Waals surface area contributed by atoms with E-state index in [0.29, 0.717) is 5.75 Å². The molecule has 2 rings (SSSR count). The summed E-state index contributed by atoms with van der Waals surface area (Å²) >= 11 is 1.48. The first-order chi connectivity index (χ1) is 12.5. The summed E-state index contributed by atoms with van der Waals surface area (Å²) in [5.74, 6) is 0.326. The van der Waals surface area contributed by atoms with Crippen LogP contribution in [0.2, 0.25) is 0 Å². The lowest BCUT2D eigenvalue weighted by Gasteiger charge is -2.15. The van der Waals surface area contributed by atoms with E-state index in [0.717, 1.165) is 18.4 Å². The standard InChI is InChI=1S/C20H24N2O3S/c1-15(11-12-17-7-4-3-5-8-17)21-20(23)14-26-16(2)18-9-6-10-19(13-18)22(24)25/h3-10,13,15-16H,11-12,14H2,1-2H3,(H,21,23)/t15-,16+/m0/s1. The van der Waals surface area contributed by atoms with Gasteiger partial charge in [-0.15, -0.1) is 11.8 Å². The number of aryl methyl sites for hydroxylation is 1. The Morgan fingerprint density at radius 3 is 2.58 bits per heavy atom. The topological polar surface area (TPSA) is 72.2 Å². The number of amides is 1. The predicted molar refractivity (Wildman–Crippen MR) is 106 cm³/mol. The van der Waals surface area contributed by atoms with E-state index in [1.165, 1.54) is 23.4 Å². The number of hydrogen-bond acceptors (Lipinski definition) is 4. The molecule has 0 spiro atoms. The van der Waals surface area contributed by atoms with Gasteiger partial charge in [-0.05, 0) is 37.8 Å². The highest BCUT2D eigenvalue weighted by Gasteiger charge is 2.14. The predicted octanol–water partition coefficient (Wildman–Crippen LogP) is 4.53. The summed E-state index contributed by atoms with van der Waals surface area (Å²) < 4.78 is 0. The van der Waals surface area contributed by atoms with Crippen LogP contribution in [0, 0.1) is 10.1 Å². The number of benzene rings is 2. The molecule has 2 aromatic carbocycles. The molecule has 0 aliphatic carbocycles. The summed E-state index contributed by atoms with van der Waals surface area (Å²) in [4.78, 5) is 22.6. The van der Waals surface area contributed by atoms with Crippen LogP contribution >= 0.6 is 11.8 Å². The van der Waals surface area contributed by atoms with Crippen LogP contribution < -0.4 is 5.32 Å². The fraction of sp³-hybridized carbons (Fsp3) is 0.350. The smallest absolute Gasteiger partial charge is 0.269 e. The van der Waals surface area contributed by atoms with Crippen molar-refractivity contribution in [1.82, 2.24) is 5.32 Å². The largest absolute Gasteiger partial charge is 0.353 e. The molecule has 1 amide bonds. The molecular formula is C20H24N2O3S. The Balaban J connectivity index is 1.75. The first-order valence-electron chi connectivity index (χ1n) is 8.65. The molecule has 0 saturated carbocycles. The maximum Gasteiger partial charge on any atom is 0.269 e. The number of nitro groups is 1. The molecule has 2 aromatic rings. The maximum atomic E-state index is 12.1. The van der Waals surface area contributed by atoms with Gasteiger partial charge in [-0.1, -0.05) is 42.5 Å². The van der Waals surface area contributed by atoms with Crippen LogP contribution in [0.4, 0.5) is 5.69 Å². The number of carbonyl (C=O) groups is 1. The summed E-state index contributed by atoms with van der Waals surface area (Å²) in [6, 6.07) is 16.9. The number of nitrogens with zero attached hydrogens (tertiary/aromatic N) is 1. The van der Waals surface area contributed by atoms with Gasteiger partial charge >= 0.3 is 0 Å². The van der Waals surface area contributed by atoms with E-state index in [-0.39, 0.29) is 22.9 Å². The van der Waals surface area contributed by atoms with Crippen molar-refractivity contribution in [1.29, 1.82) is 0 Å². The molecule has 26 heavy (non-hydrogen) atoms. The average molecular weight is 372 g/mol. The van der Waals surface area contributed by atoms with Crippen molar-refractivity contribution in [3.8, 4) is 0 Å². The fourth-order valence-corrected chi connectivity index (χ4v) is 3.43. The Labute approximate surface area is 158 Å². The highest BCUT2D eigenvalue weighted by molar-refractivity contribution is 8.00. The van der Waals surface area contributed by atoms with Crippen LogP contribution in [0.15, 0.2) is 54.6 Å². The average Bonchev–Trinajstić information content (AvgIpc) is 2.65. The molecule has 0 aliphatic rings. The molecule has 6 heteroatoms.